The Morgan fingerprint density at radius 1 is 1.10 bits per heavy atom. The van der Waals surface area contributed by atoms with Crippen LogP contribution in [-0.4, -0.2) is 28.0 Å². The van der Waals surface area contributed by atoms with Crippen molar-refractivity contribution in [2.24, 2.45) is 0 Å². The van der Waals surface area contributed by atoms with Crippen molar-refractivity contribution in [2.75, 3.05) is 0 Å². The maximum absolute atomic E-state index is 12.0. The maximum atomic E-state index is 12.0. The highest BCUT2D eigenvalue weighted by molar-refractivity contribution is 5.94. The summed E-state index contributed by atoms with van der Waals surface area (Å²) in [6.07, 6.45) is 0.166. The summed E-state index contributed by atoms with van der Waals surface area (Å²) >= 11 is 0. The lowest BCUT2D eigenvalue weighted by Gasteiger charge is -2.14. The highest BCUT2D eigenvalue weighted by Gasteiger charge is 2.21. The van der Waals surface area contributed by atoms with Crippen molar-refractivity contribution < 1.29 is 14.7 Å². The van der Waals surface area contributed by atoms with Gasteiger partial charge in [-0.3, -0.25) is 9.59 Å². The Morgan fingerprint density at radius 3 is 2.43 bits per heavy atom. The van der Waals surface area contributed by atoms with Gasteiger partial charge in [0.2, 0.25) is 5.56 Å². The topological polar surface area (TPSA) is 99.3 Å². The van der Waals surface area contributed by atoms with E-state index in [2.05, 4.69) is 10.3 Å². The third kappa shape index (κ3) is 4.04. The van der Waals surface area contributed by atoms with Crippen LogP contribution in [0.25, 0.3) is 0 Å². The molecular weight excluding hydrogens is 272 g/mol. The number of aromatic nitrogens is 1. The van der Waals surface area contributed by atoms with Gasteiger partial charge < -0.3 is 15.4 Å². The number of rotatable bonds is 5. The molecule has 1 heterocycles. The van der Waals surface area contributed by atoms with E-state index in [1.165, 1.54) is 18.2 Å². The van der Waals surface area contributed by atoms with Crippen molar-refractivity contribution in [1.82, 2.24) is 10.3 Å². The van der Waals surface area contributed by atoms with Crippen molar-refractivity contribution in [1.29, 1.82) is 0 Å². The molecule has 0 saturated heterocycles. The van der Waals surface area contributed by atoms with Crippen LogP contribution in [0.5, 0.6) is 0 Å². The lowest BCUT2D eigenvalue weighted by atomic mass is 10.1. The van der Waals surface area contributed by atoms with Gasteiger partial charge in [-0.25, -0.2) is 4.79 Å². The average Bonchev–Trinajstić information content (AvgIpc) is 2.47. The largest absolute Gasteiger partial charge is 0.480 e. The van der Waals surface area contributed by atoms with E-state index in [-0.39, 0.29) is 12.1 Å². The van der Waals surface area contributed by atoms with E-state index in [0.717, 1.165) is 5.56 Å². The summed E-state index contributed by atoms with van der Waals surface area (Å²) in [7, 11) is 0. The predicted molar refractivity (Wildman–Crippen MR) is 76.1 cm³/mol. The number of carboxylic acids is 1. The van der Waals surface area contributed by atoms with Crippen LogP contribution in [0.4, 0.5) is 0 Å². The van der Waals surface area contributed by atoms with Crippen molar-refractivity contribution in [3.63, 3.8) is 0 Å². The highest BCUT2D eigenvalue weighted by Crippen LogP contribution is 2.04. The van der Waals surface area contributed by atoms with Gasteiger partial charge in [-0.05, 0) is 11.6 Å². The Hall–Kier alpha value is -2.89. The van der Waals surface area contributed by atoms with E-state index in [1.54, 1.807) is 24.3 Å². The van der Waals surface area contributed by atoms with Crippen LogP contribution in [-0.2, 0) is 11.2 Å². The molecule has 0 spiro atoms. The van der Waals surface area contributed by atoms with Crippen molar-refractivity contribution in [3.8, 4) is 0 Å². The molecule has 1 unspecified atom stereocenters. The molecule has 2 rings (SSSR count). The standard InChI is InChI=1S/C15H14N2O4/c18-13-8-4-7-11(16-13)14(19)17-12(15(20)21)9-10-5-2-1-3-6-10/h1-8,12H,9H2,(H,16,18)(H,17,19)(H,20,21). The molecule has 6 heteroatoms. The summed E-state index contributed by atoms with van der Waals surface area (Å²) in [5.41, 5.74) is 0.408. The first kappa shape index (κ1) is 14.5. The third-order valence-corrected chi connectivity index (χ3v) is 2.90. The number of aromatic amines is 1. The van der Waals surface area contributed by atoms with E-state index in [0.29, 0.717) is 0 Å². The number of benzene rings is 1. The number of H-pyrrole nitrogens is 1. The minimum absolute atomic E-state index is 0.0295. The Kier molecular flexibility index (Phi) is 4.50. The second-order valence-electron chi connectivity index (χ2n) is 4.48. The van der Waals surface area contributed by atoms with Crippen LogP contribution in [0, 0.1) is 0 Å². The van der Waals surface area contributed by atoms with Crippen LogP contribution < -0.4 is 10.9 Å². The van der Waals surface area contributed by atoms with Gasteiger partial charge in [0.1, 0.15) is 11.7 Å². The molecule has 1 aromatic carbocycles. The molecule has 0 aliphatic carbocycles. The van der Waals surface area contributed by atoms with E-state index in [9.17, 15) is 19.5 Å². The fraction of sp³-hybridized carbons (Fsp3) is 0.133. The summed E-state index contributed by atoms with van der Waals surface area (Å²) in [6.45, 7) is 0. The van der Waals surface area contributed by atoms with Gasteiger partial charge in [0.15, 0.2) is 0 Å². The number of hydrogen-bond acceptors (Lipinski definition) is 3. The molecule has 0 bridgehead atoms. The normalized spacial score (nSPS) is 11.6. The van der Waals surface area contributed by atoms with E-state index in [4.69, 9.17) is 0 Å². The number of hydrogen-bond donors (Lipinski definition) is 3. The quantitative estimate of drug-likeness (QED) is 0.757. The van der Waals surface area contributed by atoms with Crippen molar-refractivity contribution >= 4 is 11.9 Å². The minimum Gasteiger partial charge on any atom is -0.480 e. The van der Waals surface area contributed by atoms with Gasteiger partial charge in [0.25, 0.3) is 5.91 Å². The predicted octanol–water partition coefficient (Wildman–Crippen LogP) is 0.801. The zero-order valence-electron chi connectivity index (χ0n) is 11.1. The van der Waals surface area contributed by atoms with Gasteiger partial charge >= 0.3 is 5.97 Å². The number of amides is 1. The van der Waals surface area contributed by atoms with Crippen LogP contribution in [0.3, 0.4) is 0 Å². The molecule has 2 aromatic rings. The molecule has 1 aromatic heterocycles. The second-order valence-corrected chi connectivity index (χ2v) is 4.48. The molecule has 0 radical (unpaired) electrons. The molecule has 1 atom stereocenters. The number of carboxylic acid groups (broad SMARTS) is 1. The average molecular weight is 286 g/mol. The van der Waals surface area contributed by atoms with Crippen LogP contribution in [0.15, 0.2) is 53.3 Å². The number of pyridine rings is 1. The first-order valence-corrected chi connectivity index (χ1v) is 6.33. The molecule has 0 saturated carbocycles. The molecule has 21 heavy (non-hydrogen) atoms. The summed E-state index contributed by atoms with van der Waals surface area (Å²) < 4.78 is 0. The van der Waals surface area contributed by atoms with Gasteiger partial charge in [-0.1, -0.05) is 36.4 Å². The molecule has 0 aliphatic heterocycles. The fourth-order valence-electron chi connectivity index (χ4n) is 1.87. The lowest BCUT2D eigenvalue weighted by Crippen LogP contribution is -2.42. The number of aliphatic carboxylic acids is 1. The SMILES string of the molecule is O=C(NC(Cc1ccccc1)C(=O)O)c1cccc(=O)[nH]1. The Morgan fingerprint density at radius 2 is 1.81 bits per heavy atom. The van der Waals surface area contributed by atoms with E-state index < -0.39 is 23.5 Å². The van der Waals surface area contributed by atoms with Crippen molar-refractivity contribution in [3.05, 3.63) is 70.1 Å². The summed E-state index contributed by atoms with van der Waals surface area (Å²) in [6, 6.07) is 12.0. The number of carbonyl (C=O) groups is 2. The first-order chi connectivity index (χ1) is 10.1. The first-order valence-electron chi connectivity index (χ1n) is 6.33. The number of nitrogens with one attached hydrogen (secondary N) is 2. The Balaban J connectivity index is 2.11. The monoisotopic (exact) mass is 286 g/mol. The van der Waals surface area contributed by atoms with E-state index >= 15 is 0 Å². The highest BCUT2D eigenvalue weighted by atomic mass is 16.4. The van der Waals surface area contributed by atoms with Gasteiger partial charge in [0.05, 0.1) is 0 Å². The maximum Gasteiger partial charge on any atom is 0.326 e. The molecule has 0 fully saturated rings. The zero-order valence-corrected chi connectivity index (χ0v) is 11.1. The third-order valence-electron chi connectivity index (χ3n) is 2.90. The summed E-state index contributed by atoms with van der Waals surface area (Å²) in [4.78, 5) is 36.7. The zero-order chi connectivity index (χ0) is 15.2. The minimum atomic E-state index is -1.13. The lowest BCUT2D eigenvalue weighted by molar-refractivity contribution is -0.139. The summed E-state index contributed by atoms with van der Waals surface area (Å²) in [5.74, 6) is -1.76. The fourth-order valence-corrected chi connectivity index (χ4v) is 1.87. The molecule has 0 aliphatic rings. The molecule has 6 nitrogen and oxygen atoms in total. The van der Waals surface area contributed by atoms with Crippen molar-refractivity contribution in [2.45, 2.75) is 12.5 Å². The van der Waals surface area contributed by atoms with Crippen LogP contribution >= 0.6 is 0 Å². The number of carbonyl (C=O) groups excluding carboxylic acids is 1. The molecule has 1 amide bonds. The Labute approximate surface area is 120 Å². The van der Waals surface area contributed by atoms with Gasteiger partial charge in [0, 0.05) is 12.5 Å². The molecular formula is C15H14N2O4. The van der Waals surface area contributed by atoms with Crippen LogP contribution in [0.2, 0.25) is 0 Å². The van der Waals surface area contributed by atoms with E-state index in [1.807, 2.05) is 6.07 Å². The molecule has 108 valence electrons. The molecule has 3 N–H and O–H groups in total. The van der Waals surface area contributed by atoms with Gasteiger partial charge in [-0.15, -0.1) is 0 Å². The second kappa shape index (κ2) is 6.51. The summed E-state index contributed by atoms with van der Waals surface area (Å²) in [5, 5.41) is 11.6. The van der Waals surface area contributed by atoms with Gasteiger partial charge in [-0.2, -0.15) is 0 Å². The Bertz CT molecular complexity index is 694. The van der Waals surface area contributed by atoms with Crippen LogP contribution in [0.1, 0.15) is 16.1 Å². The smallest absolute Gasteiger partial charge is 0.326 e.